The number of H-pyrrole nitrogens is 1. The number of hydrogen-bond acceptors (Lipinski definition) is 17. The highest BCUT2D eigenvalue weighted by molar-refractivity contribution is 8.44. The molecular weight excluding hydrogens is 654 g/mol. The zero-order valence-corrected chi connectivity index (χ0v) is 25.4. The van der Waals surface area contributed by atoms with E-state index in [0.717, 1.165) is 10.9 Å². The van der Waals surface area contributed by atoms with E-state index in [-0.39, 0.29) is 53.7 Å². The van der Waals surface area contributed by atoms with Crippen molar-refractivity contribution in [2.24, 2.45) is 0 Å². The number of aromatic amines is 1. The van der Waals surface area contributed by atoms with Crippen molar-refractivity contribution >= 4 is 72.6 Å². The van der Waals surface area contributed by atoms with Crippen LogP contribution in [0.1, 0.15) is 18.9 Å². The minimum Gasteiger partial charge on any atom is -0.394 e. The highest BCUT2D eigenvalue weighted by atomic mass is 32.7. The largest absolute Gasteiger partial charge is 0.394 e. The molecule has 24 heteroatoms. The van der Waals surface area contributed by atoms with Crippen LogP contribution in [-0.2, 0) is 32.2 Å². The van der Waals surface area contributed by atoms with Crippen molar-refractivity contribution in [2.45, 2.75) is 37.4 Å². The number of aromatic nitrogens is 8. The van der Waals surface area contributed by atoms with Crippen molar-refractivity contribution in [1.82, 2.24) is 39.0 Å². The Balaban J connectivity index is 1.40. The lowest BCUT2D eigenvalue weighted by Crippen LogP contribution is -2.30. The van der Waals surface area contributed by atoms with Gasteiger partial charge in [-0.15, -0.1) is 0 Å². The Labute approximate surface area is 251 Å². The molecule has 4 aromatic rings. The summed E-state index contributed by atoms with van der Waals surface area (Å²) in [5, 5.41) is 20.9. The van der Waals surface area contributed by atoms with Crippen molar-refractivity contribution < 1.29 is 42.4 Å². The first-order chi connectivity index (χ1) is 20.5. The zero-order valence-electron chi connectivity index (χ0n) is 21.7. The average Bonchev–Trinajstić information content (AvgIpc) is 3.67. The van der Waals surface area contributed by atoms with Gasteiger partial charge in [0.2, 0.25) is 19.5 Å². The molecule has 234 valence electrons. The van der Waals surface area contributed by atoms with Crippen LogP contribution in [0.3, 0.4) is 0 Å². The van der Waals surface area contributed by atoms with E-state index in [9.17, 15) is 24.1 Å². The van der Waals surface area contributed by atoms with E-state index in [4.69, 9.17) is 34.5 Å². The van der Waals surface area contributed by atoms with Crippen LogP contribution in [0.4, 0.5) is 11.8 Å². The summed E-state index contributed by atoms with van der Waals surface area (Å²) in [6, 6.07) is 0. The first-order valence-electron chi connectivity index (χ1n) is 12.2. The second kappa shape index (κ2) is 13.2. The number of imidazole rings is 2. The molecule has 7 atom stereocenters. The Morgan fingerprint density at radius 2 is 1.98 bits per heavy atom. The molecule has 1 aliphatic heterocycles. The number of fused-ring (bicyclic) bond motifs is 2. The molecule has 7 N–H and O–H groups in total. The molecule has 0 saturated carbocycles. The lowest BCUT2D eigenvalue weighted by atomic mass is 10.2. The summed E-state index contributed by atoms with van der Waals surface area (Å²) in [5.41, 5.74) is 11.2. The summed E-state index contributed by atoms with van der Waals surface area (Å²) in [6.07, 6.45) is -2.88. The van der Waals surface area contributed by atoms with Gasteiger partial charge >= 0.3 is 6.80 Å². The number of thiol groups is 2. The van der Waals surface area contributed by atoms with Crippen LogP contribution >= 0.6 is 38.5 Å². The number of nitrogens with two attached hydrogens (primary N) is 2. The SMILES string of the molecule is Nc1nc2c(ncn2[C@@H]2O[C@H](CO)C[C@H]2OP(=O)(S)OC(OCCO[PH](=O)S)[C@@H](O)n2cnc3c(N)ncnc32)c(=O)[nH]1. The molecule has 3 unspecified atom stereocenters. The second-order valence-electron chi connectivity index (χ2n) is 8.91. The number of hydrogen-bond donors (Lipinski definition) is 7. The number of nitrogens with one attached hydrogen (secondary N) is 1. The number of nitrogens with zero attached hydrogens (tertiary/aromatic N) is 7. The number of anilines is 2. The minimum atomic E-state index is -4.45. The van der Waals surface area contributed by atoms with Crippen LogP contribution < -0.4 is 17.0 Å². The molecule has 20 nitrogen and oxygen atoms in total. The van der Waals surface area contributed by atoms with Gasteiger partial charge in [-0.05, 0) is 0 Å². The number of aliphatic hydroxyl groups is 2. The van der Waals surface area contributed by atoms with Crippen molar-refractivity contribution in [1.29, 1.82) is 0 Å². The lowest BCUT2D eigenvalue weighted by molar-refractivity contribution is -0.176. The van der Waals surface area contributed by atoms with Crippen LogP contribution in [0.15, 0.2) is 23.8 Å². The number of nitrogen functional groups attached to an aromatic ring is 2. The van der Waals surface area contributed by atoms with E-state index < -0.39 is 57.1 Å². The third-order valence-electron chi connectivity index (χ3n) is 6.09. The first-order valence-corrected chi connectivity index (χ1v) is 17.5. The van der Waals surface area contributed by atoms with E-state index in [1.165, 1.54) is 17.2 Å². The van der Waals surface area contributed by atoms with E-state index in [2.05, 4.69) is 54.4 Å². The molecule has 5 heterocycles. The van der Waals surface area contributed by atoms with Crippen LogP contribution in [0.25, 0.3) is 22.3 Å². The number of rotatable bonds is 13. The maximum atomic E-state index is 13.6. The van der Waals surface area contributed by atoms with Gasteiger partial charge in [0.05, 0.1) is 38.6 Å². The van der Waals surface area contributed by atoms with Gasteiger partial charge in [-0.3, -0.25) is 32.5 Å². The Kier molecular flexibility index (Phi) is 9.73. The molecule has 1 saturated heterocycles. The van der Waals surface area contributed by atoms with Gasteiger partial charge in [0.15, 0.2) is 35.1 Å². The molecule has 0 aromatic carbocycles. The molecule has 5 rings (SSSR count). The molecule has 43 heavy (non-hydrogen) atoms. The molecule has 0 aliphatic carbocycles. The summed E-state index contributed by atoms with van der Waals surface area (Å²) in [6.45, 7) is -5.38. The van der Waals surface area contributed by atoms with Gasteiger partial charge in [-0.25, -0.2) is 24.5 Å². The van der Waals surface area contributed by atoms with Crippen molar-refractivity contribution in [3.05, 3.63) is 29.3 Å². The van der Waals surface area contributed by atoms with Crippen LogP contribution in [0, 0.1) is 0 Å². The molecule has 1 aliphatic rings. The van der Waals surface area contributed by atoms with E-state index in [1.807, 2.05) is 0 Å². The third kappa shape index (κ3) is 7.04. The van der Waals surface area contributed by atoms with Crippen molar-refractivity contribution in [3.8, 4) is 0 Å². The van der Waals surface area contributed by atoms with Crippen molar-refractivity contribution in [3.63, 3.8) is 0 Å². The van der Waals surface area contributed by atoms with Gasteiger partial charge in [0, 0.05) is 6.42 Å². The smallest absolute Gasteiger partial charge is 0.389 e. The fourth-order valence-corrected chi connectivity index (χ4v) is 6.48. The summed E-state index contributed by atoms with van der Waals surface area (Å²) in [5.74, 6) is -0.141. The highest BCUT2D eigenvalue weighted by Gasteiger charge is 2.43. The van der Waals surface area contributed by atoms with Crippen molar-refractivity contribution in [2.75, 3.05) is 31.3 Å². The zero-order chi connectivity index (χ0) is 30.9. The fraction of sp³-hybridized carbons (Fsp3) is 0.474. The van der Waals surface area contributed by atoms with Gasteiger partial charge in [-0.1, -0.05) is 24.5 Å². The normalized spacial score (nSPS) is 22.6. The molecule has 0 spiro atoms. The maximum absolute atomic E-state index is 13.6. The van der Waals surface area contributed by atoms with Gasteiger partial charge in [-0.2, -0.15) is 4.98 Å². The Morgan fingerprint density at radius 1 is 1.21 bits per heavy atom. The predicted octanol–water partition coefficient (Wildman–Crippen LogP) is 0.0131. The first kappa shape index (κ1) is 31.8. The Morgan fingerprint density at radius 3 is 2.72 bits per heavy atom. The second-order valence-corrected chi connectivity index (χ2v) is 13.7. The number of ether oxygens (including phenoxy) is 2. The summed E-state index contributed by atoms with van der Waals surface area (Å²) in [7, 11) is -2.59. The Bertz CT molecular complexity index is 1740. The molecule has 1 fully saturated rings. The average molecular weight is 681 g/mol. The van der Waals surface area contributed by atoms with Gasteiger partial charge in [0.25, 0.3) is 5.56 Å². The maximum Gasteiger partial charge on any atom is 0.389 e. The molecule has 0 bridgehead atoms. The van der Waals surface area contributed by atoms with Crippen LogP contribution in [0.5, 0.6) is 0 Å². The van der Waals surface area contributed by atoms with E-state index in [0.29, 0.717) is 0 Å². The van der Waals surface area contributed by atoms with Crippen LogP contribution in [0.2, 0.25) is 0 Å². The molecule has 4 aromatic heterocycles. The van der Waals surface area contributed by atoms with Gasteiger partial charge in [0.1, 0.15) is 17.9 Å². The van der Waals surface area contributed by atoms with E-state index in [1.54, 1.807) is 0 Å². The molecular formula is C19H26N10O10P2S2. The van der Waals surface area contributed by atoms with Crippen LogP contribution in [-0.4, -0.2) is 87.6 Å². The third-order valence-corrected chi connectivity index (χ3v) is 8.50. The monoisotopic (exact) mass is 680 g/mol. The summed E-state index contributed by atoms with van der Waals surface area (Å²) < 4.78 is 54.9. The Hall–Kier alpha value is -2.62. The van der Waals surface area contributed by atoms with E-state index >= 15 is 0 Å². The number of aliphatic hydroxyl groups excluding tert-OH is 2. The quantitative estimate of drug-likeness (QED) is 0.0424. The highest BCUT2D eigenvalue weighted by Crippen LogP contribution is 2.58. The molecule has 0 amide bonds. The lowest BCUT2D eigenvalue weighted by Gasteiger charge is -2.28. The fourth-order valence-electron chi connectivity index (χ4n) is 4.29. The predicted molar refractivity (Wildman–Crippen MR) is 155 cm³/mol. The summed E-state index contributed by atoms with van der Waals surface area (Å²) in [4.78, 5) is 34.7. The molecule has 0 radical (unpaired) electrons. The standard InChI is InChI=1S/C19H26N10O10P2S2/c20-12-10-13(23-5-22-12)28(6-24-10)16(32)18(35-1-2-36-40(33)42)39-41(34,43)38-9-3-8(4-30)37-17(9)29-7-25-11-14(29)26-19(21)27-15(11)31/h5-9,16-18,30,32,40H,1-4H2,(H,33,42)(H,34,43)(H2,20,22,23)(H3,21,26,27,31)/t8-,9+,16+,17+,18?,41?/m0/s1. The minimum absolute atomic E-state index is 0.00786. The summed E-state index contributed by atoms with van der Waals surface area (Å²) >= 11 is 7.78. The topological polar surface area (TPSA) is 280 Å². The van der Waals surface area contributed by atoms with Gasteiger partial charge < -0.3 is 35.7 Å².